The molecule has 0 spiro atoms. The van der Waals surface area contributed by atoms with Gasteiger partial charge in [0.15, 0.2) is 0 Å². The van der Waals surface area contributed by atoms with E-state index in [-0.39, 0.29) is 5.41 Å². The second-order valence-corrected chi connectivity index (χ2v) is 16.9. The van der Waals surface area contributed by atoms with Crippen LogP contribution in [0, 0.1) is 0 Å². The molecule has 11 aromatic carbocycles. The zero-order chi connectivity index (χ0) is 39.2. The molecule has 0 atom stereocenters. The van der Waals surface area contributed by atoms with E-state index in [2.05, 4.69) is 220 Å². The van der Waals surface area contributed by atoms with Gasteiger partial charge in [0.2, 0.25) is 0 Å². The van der Waals surface area contributed by atoms with E-state index in [4.69, 9.17) is 0 Å². The lowest BCUT2D eigenvalue weighted by Crippen LogP contribution is -2.15. The molecule has 1 aliphatic rings. The lowest BCUT2D eigenvalue weighted by molar-refractivity contribution is 0.666. The summed E-state index contributed by atoms with van der Waals surface area (Å²) in [6.07, 6.45) is 0. The van der Waals surface area contributed by atoms with Crippen LogP contribution in [-0.4, -0.2) is 0 Å². The molecule has 0 heteroatoms. The van der Waals surface area contributed by atoms with Gasteiger partial charge in [0, 0.05) is 5.41 Å². The van der Waals surface area contributed by atoms with Gasteiger partial charge in [0.1, 0.15) is 0 Å². The molecule has 0 saturated carbocycles. The number of benzene rings is 11. The zero-order valence-corrected chi connectivity index (χ0v) is 33.1. The highest BCUT2D eigenvalue weighted by Crippen LogP contribution is 2.52. The number of fused-ring (bicyclic) bond motifs is 9. The van der Waals surface area contributed by atoms with Crippen LogP contribution in [0.25, 0.3) is 109 Å². The van der Waals surface area contributed by atoms with Crippen molar-refractivity contribution in [2.75, 3.05) is 0 Å². The molecule has 0 unspecified atom stereocenters. The Hall–Kier alpha value is -7.28. The van der Waals surface area contributed by atoms with Gasteiger partial charge in [0.25, 0.3) is 0 Å². The van der Waals surface area contributed by atoms with Gasteiger partial charge in [-0.2, -0.15) is 0 Å². The predicted octanol–water partition coefficient (Wildman–Crippen LogP) is 16.4. The Bertz CT molecular complexity index is 3510. The molecule has 59 heavy (non-hydrogen) atoms. The molecule has 11 aromatic rings. The normalized spacial score (nSPS) is 13.1. The fraction of sp³-hybridized carbons (Fsp3) is 0.0508. The van der Waals surface area contributed by atoms with Gasteiger partial charge in [-0.3, -0.25) is 0 Å². The van der Waals surface area contributed by atoms with Gasteiger partial charge in [-0.05, 0) is 145 Å². The molecule has 0 aliphatic heterocycles. The summed E-state index contributed by atoms with van der Waals surface area (Å²) in [5.41, 5.74) is 15.4. The molecule has 0 N–H and O–H groups in total. The minimum absolute atomic E-state index is 0.0603. The molecular formula is C59H40. The maximum atomic E-state index is 2.44. The van der Waals surface area contributed by atoms with Crippen LogP contribution in [0.3, 0.4) is 0 Å². The fourth-order valence-electron chi connectivity index (χ4n) is 10.3. The summed E-state index contributed by atoms with van der Waals surface area (Å²) in [6.45, 7) is 4.75. The smallest absolute Gasteiger partial charge is 0.0165 e. The Kier molecular flexibility index (Phi) is 7.38. The quantitative estimate of drug-likeness (QED) is 0.157. The van der Waals surface area contributed by atoms with Gasteiger partial charge >= 0.3 is 0 Å². The lowest BCUT2D eigenvalue weighted by Gasteiger charge is -2.23. The Balaban J connectivity index is 1.02. The number of hydrogen-bond acceptors (Lipinski definition) is 0. The minimum Gasteiger partial charge on any atom is -0.0616 e. The van der Waals surface area contributed by atoms with E-state index < -0.39 is 0 Å². The van der Waals surface area contributed by atoms with Crippen molar-refractivity contribution in [3.63, 3.8) is 0 Å². The fourth-order valence-corrected chi connectivity index (χ4v) is 10.3. The molecule has 0 saturated heterocycles. The van der Waals surface area contributed by atoms with Gasteiger partial charge < -0.3 is 0 Å². The molecule has 0 radical (unpaired) electrons. The largest absolute Gasteiger partial charge is 0.0616 e. The third-order valence-corrected chi connectivity index (χ3v) is 13.2. The van der Waals surface area contributed by atoms with Gasteiger partial charge in [0.05, 0.1) is 0 Å². The summed E-state index contributed by atoms with van der Waals surface area (Å²) in [5, 5.41) is 12.7. The van der Waals surface area contributed by atoms with Crippen molar-refractivity contribution in [2.45, 2.75) is 19.3 Å². The maximum Gasteiger partial charge on any atom is 0.0165 e. The molecule has 0 nitrogen and oxygen atoms in total. The van der Waals surface area contributed by atoms with Crippen LogP contribution >= 0.6 is 0 Å². The van der Waals surface area contributed by atoms with Crippen molar-refractivity contribution in [2.24, 2.45) is 0 Å². The molecule has 276 valence electrons. The summed E-state index contributed by atoms with van der Waals surface area (Å²) in [5.74, 6) is 0. The average molecular weight is 749 g/mol. The molecule has 0 amide bonds. The van der Waals surface area contributed by atoms with E-state index in [1.54, 1.807) is 0 Å². The van der Waals surface area contributed by atoms with Crippen molar-refractivity contribution < 1.29 is 0 Å². The zero-order valence-electron chi connectivity index (χ0n) is 33.1. The van der Waals surface area contributed by atoms with Gasteiger partial charge in [-0.15, -0.1) is 0 Å². The molecule has 0 bridgehead atoms. The highest BCUT2D eigenvalue weighted by atomic mass is 14.4. The third-order valence-electron chi connectivity index (χ3n) is 13.2. The molecule has 0 aromatic heterocycles. The minimum atomic E-state index is -0.0603. The topological polar surface area (TPSA) is 0 Å². The van der Waals surface area contributed by atoms with E-state index >= 15 is 0 Å². The van der Waals surface area contributed by atoms with Crippen LogP contribution in [0.4, 0.5) is 0 Å². The summed E-state index contributed by atoms with van der Waals surface area (Å²) in [6, 6.07) is 77.0. The first-order valence-electron chi connectivity index (χ1n) is 20.7. The highest BCUT2D eigenvalue weighted by molar-refractivity contribution is 6.22. The summed E-state index contributed by atoms with van der Waals surface area (Å²) in [7, 11) is 0. The lowest BCUT2D eigenvalue weighted by atomic mass is 9.80. The summed E-state index contributed by atoms with van der Waals surface area (Å²) < 4.78 is 0. The second-order valence-electron chi connectivity index (χ2n) is 16.9. The van der Waals surface area contributed by atoms with Crippen molar-refractivity contribution in [3.05, 3.63) is 217 Å². The Morgan fingerprint density at radius 2 is 0.712 bits per heavy atom. The van der Waals surface area contributed by atoms with Crippen LogP contribution in [0.2, 0.25) is 0 Å². The first kappa shape index (κ1) is 33.8. The SMILES string of the molecule is CC1(C)c2ccc(-c3ccc(-c4ccc5c(-c6ccc7ccccc7c6)c6ccccc6c(-c6ccc7ccccc7c6)c5c4)cc3)cc2-c2ccc3ccccc3c21. The Morgan fingerprint density at radius 3 is 1.34 bits per heavy atom. The Labute approximate surface area is 344 Å². The summed E-state index contributed by atoms with van der Waals surface area (Å²) >= 11 is 0. The molecular weight excluding hydrogens is 709 g/mol. The molecule has 1 aliphatic carbocycles. The second kappa shape index (κ2) is 12.9. The number of hydrogen-bond donors (Lipinski definition) is 0. The monoisotopic (exact) mass is 748 g/mol. The highest BCUT2D eigenvalue weighted by Gasteiger charge is 2.37. The first-order chi connectivity index (χ1) is 29.0. The van der Waals surface area contributed by atoms with Crippen LogP contribution < -0.4 is 0 Å². The number of rotatable bonds is 4. The van der Waals surface area contributed by atoms with E-state index in [9.17, 15) is 0 Å². The van der Waals surface area contributed by atoms with Crippen molar-refractivity contribution >= 4 is 53.9 Å². The van der Waals surface area contributed by atoms with Crippen LogP contribution in [-0.2, 0) is 5.41 Å². The Morgan fingerprint density at radius 1 is 0.271 bits per heavy atom. The molecule has 12 rings (SSSR count). The predicted molar refractivity (Wildman–Crippen MR) is 253 cm³/mol. The third kappa shape index (κ3) is 5.23. The van der Waals surface area contributed by atoms with Crippen molar-refractivity contribution in [1.29, 1.82) is 0 Å². The van der Waals surface area contributed by atoms with E-state index in [0.717, 1.165) is 0 Å². The van der Waals surface area contributed by atoms with Gasteiger partial charge in [-0.25, -0.2) is 0 Å². The van der Waals surface area contributed by atoms with Crippen LogP contribution in [0.1, 0.15) is 25.0 Å². The molecule has 0 fully saturated rings. The van der Waals surface area contributed by atoms with E-state index in [0.29, 0.717) is 0 Å². The van der Waals surface area contributed by atoms with E-state index in [1.165, 1.54) is 121 Å². The van der Waals surface area contributed by atoms with Crippen molar-refractivity contribution in [3.8, 4) is 55.6 Å². The first-order valence-corrected chi connectivity index (χ1v) is 20.7. The maximum absolute atomic E-state index is 2.44. The summed E-state index contributed by atoms with van der Waals surface area (Å²) in [4.78, 5) is 0. The van der Waals surface area contributed by atoms with Gasteiger partial charge in [-0.1, -0.05) is 196 Å². The molecule has 0 heterocycles. The van der Waals surface area contributed by atoms with Crippen LogP contribution in [0.15, 0.2) is 206 Å². The van der Waals surface area contributed by atoms with Crippen molar-refractivity contribution in [1.82, 2.24) is 0 Å². The van der Waals surface area contributed by atoms with E-state index in [1.807, 2.05) is 0 Å². The van der Waals surface area contributed by atoms with Crippen LogP contribution in [0.5, 0.6) is 0 Å². The average Bonchev–Trinajstić information content (AvgIpc) is 3.53. The standard InChI is InChI=1S/C59H40/c1-59(2)55-32-29-45(35-53(55)52-31-27-41-13-7-8-16-48(41)58(52)59)40-21-19-39(20-22-40)44-28-30-51-54(36-44)57(47-26-24-38-12-4-6-15-43(38)34-47)50-18-10-9-17-49(50)56(51)46-25-23-37-11-3-5-14-42(37)33-46/h3-36H,1-2H3.